The normalized spacial score (nSPS) is 9.95. The Kier molecular flexibility index (Phi) is 4.50. The maximum atomic E-state index is 5.59. The van der Waals surface area contributed by atoms with Gasteiger partial charge in [-0.25, -0.2) is 4.98 Å². The zero-order valence-corrected chi connectivity index (χ0v) is 11.0. The van der Waals surface area contributed by atoms with Crippen molar-refractivity contribution < 1.29 is 4.74 Å². The molecule has 19 heavy (non-hydrogen) atoms. The third-order valence-corrected chi connectivity index (χ3v) is 2.56. The Balaban J connectivity index is 2.28. The molecule has 2 aromatic rings. The molecule has 0 atom stereocenters. The second-order valence-corrected chi connectivity index (χ2v) is 3.96. The third-order valence-electron chi connectivity index (χ3n) is 2.56. The second kappa shape index (κ2) is 6.54. The zero-order chi connectivity index (χ0) is 13.5. The first-order valence-electron chi connectivity index (χ1n) is 6.19. The quantitative estimate of drug-likeness (QED) is 0.636. The molecule has 0 aliphatic rings. The van der Waals surface area contributed by atoms with Gasteiger partial charge in [-0.15, -0.1) is 6.58 Å². The molecule has 0 unspecified atom stereocenters. The van der Waals surface area contributed by atoms with Crippen molar-refractivity contribution in [3.8, 4) is 17.3 Å². The number of hydrogen-bond acceptors (Lipinski definition) is 4. The second-order valence-electron chi connectivity index (χ2n) is 3.96. The number of nitrogens with zero attached hydrogens (tertiary/aromatic N) is 2. The van der Waals surface area contributed by atoms with Gasteiger partial charge in [0.1, 0.15) is 5.82 Å². The van der Waals surface area contributed by atoms with Crippen LogP contribution in [0.25, 0.3) is 11.4 Å². The van der Waals surface area contributed by atoms with Crippen molar-refractivity contribution in [2.45, 2.75) is 6.42 Å². The smallest absolute Gasteiger partial charge is 0.219 e. The lowest BCUT2D eigenvalue weighted by Crippen LogP contribution is -2.02. The molecule has 1 aromatic heterocycles. The molecule has 0 spiro atoms. The summed E-state index contributed by atoms with van der Waals surface area (Å²) in [5.74, 6) is 1.96. The fraction of sp³-hybridized carbons (Fsp3) is 0.200. The molecule has 4 nitrogen and oxygen atoms in total. The highest BCUT2D eigenvalue weighted by atomic mass is 16.5. The van der Waals surface area contributed by atoms with E-state index in [4.69, 9.17) is 4.74 Å². The predicted octanol–water partition coefficient (Wildman–Crippen LogP) is 3.14. The summed E-state index contributed by atoms with van der Waals surface area (Å²) in [6, 6.07) is 11.6. The van der Waals surface area contributed by atoms with Crippen LogP contribution in [0.2, 0.25) is 0 Å². The van der Waals surface area contributed by atoms with Crippen LogP contribution >= 0.6 is 0 Å². The molecule has 0 saturated carbocycles. The van der Waals surface area contributed by atoms with Crippen LogP contribution in [0.5, 0.6) is 5.88 Å². The summed E-state index contributed by atoms with van der Waals surface area (Å²) < 4.78 is 5.59. The Morgan fingerprint density at radius 2 is 2.05 bits per heavy atom. The SMILES string of the molecule is C=CCCOc1cc(NC)nc(-c2ccccc2)n1. The molecule has 0 aliphatic heterocycles. The summed E-state index contributed by atoms with van der Waals surface area (Å²) in [5.41, 5.74) is 0.966. The maximum Gasteiger partial charge on any atom is 0.219 e. The van der Waals surface area contributed by atoms with Gasteiger partial charge in [-0.05, 0) is 6.42 Å². The van der Waals surface area contributed by atoms with Crippen LogP contribution in [0.4, 0.5) is 5.82 Å². The summed E-state index contributed by atoms with van der Waals surface area (Å²) in [4.78, 5) is 8.84. The van der Waals surface area contributed by atoms with Gasteiger partial charge >= 0.3 is 0 Å². The lowest BCUT2D eigenvalue weighted by atomic mass is 10.2. The highest BCUT2D eigenvalue weighted by Gasteiger charge is 2.06. The van der Waals surface area contributed by atoms with Crippen LogP contribution in [0.1, 0.15) is 6.42 Å². The largest absolute Gasteiger partial charge is 0.477 e. The lowest BCUT2D eigenvalue weighted by molar-refractivity contribution is 0.312. The van der Waals surface area contributed by atoms with E-state index < -0.39 is 0 Å². The molecule has 98 valence electrons. The van der Waals surface area contributed by atoms with Crippen molar-refractivity contribution in [2.75, 3.05) is 19.0 Å². The lowest BCUT2D eigenvalue weighted by Gasteiger charge is -2.08. The first kappa shape index (κ1) is 13.1. The molecule has 0 saturated heterocycles. The summed E-state index contributed by atoms with van der Waals surface area (Å²) >= 11 is 0. The number of ether oxygens (including phenoxy) is 1. The van der Waals surface area contributed by atoms with Gasteiger partial charge in [0, 0.05) is 18.7 Å². The number of hydrogen-bond donors (Lipinski definition) is 1. The summed E-state index contributed by atoms with van der Waals surface area (Å²) in [5, 5.41) is 3.02. The molecule has 0 amide bonds. The van der Waals surface area contributed by atoms with E-state index in [2.05, 4.69) is 21.9 Å². The number of anilines is 1. The molecule has 4 heteroatoms. The van der Waals surface area contributed by atoms with Gasteiger partial charge in [-0.3, -0.25) is 0 Å². The van der Waals surface area contributed by atoms with Crippen molar-refractivity contribution >= 4 is 5.82 Å². The van der Waals surface area contributed by atoms with E-state index in [-0.39, 0.29) is 0 Å². The number of aromatic nitrogens is 2. The average molecular weight is 255 g/mol. The minimum absolute atomic E-state index is 0.567. The summed E-state index contributed by atoms with van der Waals surface area (Å²) in [6.45, 7) is 4.23. The Morgan fingerprint density at radius 1 is 1.26 bits per heavy atom. The van der Waals surface area contributed by atoms with E-state index in [9.17, 15) is 0 Å². The first-order valence-corrected chi connectivity index (χ1v) is 6.19. The average Bonchev–Trinajstić information content (AvgIpc) is 2.48. The van der Waals surface area contributed by atoms with Crippen molar-refractivity contribution in [2.24, 2.45) is 0 Å². The highest BCUT2D eigenvalue weighted by Crippen LogP contribution is 2.21. The number of benzene rings is 1. The van der Waals surface area contributed by atoms with Crippen LogP contribution in [-0.4, -0.2) is 23.6 Å². The van der Waals surface area contributed by atoms with E-state index in [0.717, 1.165) is 17.8 Å². The molecule has 1 aromatic carbocycles. The fourth-order valence-corrected chi connectivity index (χ4v) is 1.59. The minimum Gasteiger partial charge on any atom is -0.477 e. The van der Waals surface area contributed by atoms with E-state index in [0.29, 0.717) is 18.3 Å². The third kappa shape index (κ3) is 3.55. The van der Waals surface area contributed by atoms with Gasteiger partial charge in [0.05, 0.1) is 6.61 Å². The Labute approximate surface area is 113 Å². The minimum atomic E-state index is 0.567. The molecule has 0 aliphatic carbocycles. The van der Waals surface area contributed by atoms with Gasteiger partial charge in [-0.2, -0.15) is 4.98 Å². The van der Waals surface area contributed by atoms with Crippen molar-refractivity contribution in [3.05, 3.63) is 49.1 Å². The van der Waals surface area contributed by atoms with Crippen molar-refractivity contribution in [3.63, 3.8) is 0 Å². The van der Waals surface area contributed by atoms with E-state index in [1.54, 1.807) is 6.07 Å². The van der Waals surface area contributed by atoms with Crippen LogP contribution in [0.3, 0.4) is 0 Å². The molecule has 0 radical (unpaired) electrons. The monoisotopic (exact) mass is 255 g/mol. The molecule has 1 N–H and O–H groups in total. The Hall–Kier alpha value is -2.36. The summed E-state index contributed by atoms with van der Waals surface area (Å²) in [6.07, 6.45) is 2.61. The first-order chi connectivity index (χ1) is 9.33. The van der Waals surface area contributed by atoms with Gasteiger partial charge in [0.15, 0.2) is 5.82 Å². The predicted molar refractivity (Wildman–Crippen MR) is 77.3 cm³/mol. The van der Waals surface area contributed by atoms with E-state index in [1.807, 2.05) is 43.5 Å². The fourth-order valence-electron chi connectivity index (χ4n) is 1.59. The number of rotatable bonds is 6. The Bertz CT molecular complexity index is 540. The van der Waals surface area contributed by atoms with Gasteiger partial charge in [0.2, 0.25) is 5.88 Å². The molecule has 0 bridgehead atoms. The van der Waals surface area contributed by atoms with Crippen molar-refractivity contribution in [1.29, 1.82) is 0 Å². The van der Waals surface area contributed by atoms with Crippen LogP contribution in [0.15, 0.2) is 49.1 Å². The molecule has 2 rings (SSSR count). The maximum absolute atomic E-state index is 5.59. The standard InChI is InChI=1S/C15H17N3O/c1-3-4-10-19-14-11-13(16-2)17-15(18-14)12-8-6-5-7-9-12/h3,5-9,11H,1,4,10H2,2H3,(H,16,17,18). The highest BCUT2D eigenvalue weighted by molar-refractivity contribution is 5.58. The van der Waals surface area contributed by atoms with Crippen LogP contribution in [-0.2, 0) is 0 Å². The van der Waals surface area contributed by atoms with Gasteiger partial charge in [-0.1, -0.05) is 36.4 Å². The summed E-state index contributed by atoms with van der Waals surface area (Å²) in [7, 11) is 1.82. The topological polar surface area (TPSA) is 47.0 Å². The molecular weight excluding hydrogens is 238 g/mol. The van der Waals surface area contributed by atoms with Crippen LogP contribution < -0.4 is 10.1 Å². The molecular formula is C15H17N3O. The zero-order valence-electron chi connectivity index (χ0n) is 11.0. The van der Waals surface area contributed by atoms with E-state index >= 15 is 0 Å². The van der Waals surface area contributed by atoms with Crippen molar-refractivity contribution in [1.82, 2.24) is 9.97 Å². The molecule has 0 fully saturated rings. The van der Waals surface area contributed by atoms with Crippen LogP contribution in [0, 0.1) is 0 Å². The van der Waals surface area contributed by atoms with Gasteiger partial charge in [0.25, 0.3) is 0 Å². The Morgan fingerprint density at radius 3 is 2.74 bits per heavy atom. The van der Waals surface area contributed by atoms with Gasteiger partial charge < -0.3 is 10.1 Å². The molecule has 1 heterocycles. The number of nitrogens with one attached hydrogen (secondary N) is 1. The van der Waals surface area contributed by atoms with E-state index in [1.165, 1.54) is 0 Å².